The van der Waals surface area contributed by atoms with E-state index in [0.717, 1.165) is 18.7 Å². The molecule has 2 aliphatic rings. The molecule has 1 amide bonds. The van der Waals surface area contributed by atoms with Gasteiger partial charge in [-0.2, -0.15) is 0 Å². The number of nitrogens with zero attached hydrogens (tertiary/aromatic N) is 1. The number of rotatable bonds is 6. The zero-order valence-corrected chi connectivity index (χ0v) is 15.4. The van der Waals surface area contributed by atoms with Gasteiger partial charge in [-0.3, -0.25) is 4.79 Å². The van der Waals surface area contributed by atoms with Gasteiger partial charge in [0.2, 0.25) is 0 Å². The van der Waals surface area contributed by atoms with Crippen LogP contribution in [0.2, 0.25) is 0 Å². The van der Waals surface area contributed by atoms with Gasteiger partial charge in [0, 0.05) is 24.0 Å². The minimum atomic E-state index is -0.968. The van der Waals surface area contributed by atoms with Crippen LogP contribution in [0.5, 0.6) is 11.5 Å². The summed E-state index contributed by atoms with van der Waals surface area (Å²) in [5.41, 5.74) is 0.828. The first kappa shape index (κ1) is 18.1. The summed E-state index contributed by atoms with van der Waals surface area (Å²) in [5, 5.41) is 5.95. The maximum Gasteiger partial charge on any atom is 0.340 e. The number of anilines is 2. The minimum absolute atomic E-state index is 0.292. The Morgan fingerprint density at radius 2 is 1.93 bits per heavy atom. The number of hydrogen-bond donors (Lipinski definition) is 2. The molecule has 2 aromatic rings. The number of ether oxygens (including phenoxy) is 3. The van der Waals surface area contributed by atoms with Gasteiger partial charge in [-0.25, -0.2) is 9.78 Å². The van der Waals surface area contributed by atoms with Gasteiger partial charge in [0.05, 0.1) is 5.56 Å². The molecule has 2 heterocycles. The third kappa shape index (κ3) is 4.33. The monoisotopic (exact) mass is 383 g/mol. The van der Waals surface area contributed by atoms with Crippen LogP contribution in [-0.2, 0) is 9.53 Å². The number of carbonyl (C=O) groups excluding carboxylic acids is 2. The number of pyridine rings is 1. The van der Waals surface area contributed by atoms with E-state index in [1.165, 1.54) is 13.1 Å². The Kier molecular flexibility index (Phi) is 5.01. The second-order valence-electron chi connectivity index (χ2n) is 6.75. The molecule has 1 saturated carbocycles. The van der Waals surface area contributed by atoms with Crippen LogP contribution in [0.25, 0.3) is 0 Å². The molecule has 1 aliphatic heterocycles. The highest BCUT2D eigenvalue weighted by atomic mass is 16.6. The molecule has 4 rings (SSSR count). The predicted molar refractivity (Wildman–Crippen MR) is 102 cm³/mol. The quantitative estimate of drug-likeness (QED) is 0.740. The van der Waals surface area contributed by atoms with Crippen LogP contribution in [0.1, 0.15) is 30.1 Å². The Morgan fingerprint density at radius 3 is 2.64 bits per heavy atom. The zero-order chi connectivity index (χ0) is 19.5. The molecule has 8 heteroatoms. The molecule has 1 aromatic carbocycles. The molecule has 0 spiro atoms. The number of hydrogen-bond acceptors (Lipinski definition) is 7. The summed E-state index contributed by atoms with van der Waals surface area (Å²) in [6.45, 7) is 2.47. The van der Waals surface area contributed by atoms with Gasteiger partial charge in [-0.1, -0.05) is 0 Å². The molecule has 1 aromatic heterocycles. The molecule has 28 heavy (non-hydrogen) atoms. The Hall–Kier alpha value is -3.29. The van der Waals surface area contributed by atoms with Crippen LogP contribution < -0.4 is 20.1 Å². The number of amides is 1. The fourth-order valence-corrected chi connectivity index (χ4v) is 2.68. The van der Waals surface area contributed by atoms with Crippen molar-refractivity contribution in [2.45, 2.75) is 31.9 Å². The highest BCUT2D eigenvalue weighted by Crippen LogP contribution is 2.32. The van der Waals surface area contributed by atoms with Crippen molar-refractivity contribution in [1.29, 1.82) is 0 Å². The van der Waals surface area contributed by atoms with E-state index in [9.17, 15) is 9.59 Å². The third-order valence-electron chi connectivity index (χ3n) is 4.39. The lowest BCUT2D eigenvalue weighted by atomic mass is 10.2. The van der Waals surface area contributed by atoms with E-state index in [1.54, 1.807) is 30.3 Å². The molecule has 146 valence electrons. The van der Waals surface area contributed by atoms with Gasteiger partial charge in [0.25, 0.3) is 5.91 Å². The van der Waals surface area contributed by atoms with Gasteiger partial charge in [-0.05, 0) is 44.0 Å². The van der Waals surface area contributed by atoms with E-state index in [0.29, 0.717) is 42.0 Å². The predicted octanol–water partition coefficient (Wildman–Crippen LogP) is 2.61. The van der Waals surface area contributed by atoms with Crippen LogP contribution in [-0.4, -0.2) is 42.2 Å². The van der Waals surface area contributed by atoms with Crippen molar-refractivity contribution in [3.05, 3.63) is 42.1 Å². The van der Waals surface area contributed by atoms with Gasteiger partial charge in [0.15, 0.2) is 17.6 Å². The van der Waals surface area contributed by atoms with E-state index >= 15 is 0 Å². The van der Waals surface area contributed by atoms with E-state index in [-0.39, 0.29) is 0 Å². The molecule has 1 aliphatic carbocycles. The fraction of sp³-hybridized carbons (Fsp3) is 0.350. The Bertz CT molecular complexity index is 880. The van der Waals surface area contributed by atoms with Crippen LogP contribution in [0.4, 0.5) is 11.5 Å². The highest BCUT2D eigenvalue weighted by molar-refractivity contribution is 5.97. The lowest BCUT2D eigenvalue weighted by Gasteiger charge is -2.19. The first-order chi connectivity index (χ1) is 13.6. The van der Waals surface area contributed by atoms with E-state index < -0.39 is 18.0 Å². The average molecular weight is 383 g/mol. The number of carbonyl (C=O) groups is 2. The Balaban J connectivity index is 1.32. The van der Waals surface area contributed by atoms with Crippen molar-refractivity contribution in [3.8, 4) is 11.5 Å². The Labute approximate surface area is 162 Å². The maximum absolute atomic E-state index is 12.3. The van der Waals surface area contributed by atoms with Gasteiger partial charge in [-0.15, -0.1) is 0 Å². The molecule has 1 fully saturated rings. The van der Waals surface area contributed by atoms with Crippen molar-refractivity contribution in [2.24, 2.45) is 0 Å². The molecule has 1 unspecified atom stereocenters. The first-order valence-electron chi connectivity index (χ1n) is 9.22. The number of esters is 1. The summed E-state index contributed by atoms with van der Waals surface area (Å²) in [6, 6.07) is 8.95. The third-order valence-corrected chi connectivity index (χ3v) is 4.39. The van der Waals surface area contributed by atoms with Crippen LogP contribution >= 0.6 is 0 Å². The Morgan fingerprint density at radius 1 is 1.14 bits per heavy atom. The largest absolute Gasteiger partial charge is 0.486 e. The van der Waals surface area contributed by atoms with Crippen molar-refractivity contribution < 1.29 is 23.8 Å². The second-order valence-corrected chi connectivity index (χ2v) is 6.75. The molecule has 0 saturated heterocycles. The van der Waals surface area contributed by atoms with Crippen molar-refractivity contribution in [1.82, 2.24) is 4.98 Å². The minimum Gasteiger partial charge on any atom is -0.486 e. The zero-order valence-electron chi connectivity index (χ0n) is 15.4. The SMILES string of the molecule is CC(OC(=O)c1ccc(NC2CC2)nc1)C(=O)Nc1ccc2c(c1)OCCO2. The molecule has 2 N–H and O–H groups in total. The maximum atomic E-state index is 12.3. The van der Waals surface area contributed by atoms with Crippen LogP contribution in [0.15, 0.2) is 36.5 Å². The standard InChI is InChI=1S/C20H21N3O5/c1-12(19(24)23-15-5-6-16-17(10-15)27-9-8-26-16)28-20(25)13-2-7-18(21-11-13)22-14-3-4-14/h2,5-7,10-12,14H,3-4,8-9H2,1H3,(H,21,22)(H,23,24). The second kappa shape index (κ2) is 7.75. The van der Waals surface area contributed by atoms with E-state index in [1.807, 2.05) is 0 Å². The van der Waals surface area contributed by atoms with Gasteiger partial charge < -0.3 is 24.8 Å². The van der Waals surface area contributed by atoms with Gasteiger partial charge >= 0.3 is 5.97 Å². The molecular weight excluding hydrogens is 362 g/mol. The molecular formula is C20H21N3O5. The van der Waals surface area contributed by atoms with E-state index in [4.69, 9.17) is 14.2 Å². The molecule has 0 radical (unpaired) electrons. The number of benzene rings is 1. The van der Waals surface area contributed by atoms with Crippen molar-refractivity contribution in [3.63, 3.8) is 0 Å². The van der Waals surface area contributed by atoms with Crippen molar-refractivity contribution >= 4 is 23.4 Å². The number of nitrogens with one attached hydrogen (secondary N) is 2. The fourth-order valence-electron chi connectivity index (χ4n) is 2.68. The average Bonchev–Trinajstić information content (AvgIpc) is 3.52. The van der Waals surface area contributed by atoms with Crippen LogP contribution in [0.3, 0.4) is 0 Å². The summed E-state index contributed by atoms with van der Waals surface area (Å²) in [4.78, 5) is 28.8. The first-order valence-corrected chi connectivity index (χ1v) is 9.22. The smallest absolute Gasteiger partial charge is 0.340 e. The summed E-state index contributed by atoms with van der Waals surface area (Å²) >= 11 is 0. The van der Waals surface area contributed by atoms with Crippen molar-refractivity contribution in [2.75, 3.05) is 23.8 Å². The lowest BCUT2D eigenvalue weighted by Crippen LogP contribution is -2.30. The van der Waals surface area contributed by atoms with E-state index in [2.05, 4.69) is 15.6 Å². The molecule has 0 bridgehead atoms. The van der Waals surface area contributed by atoms with Gasteiger partial charge in [0.1, 0.15) is 19.0 Å². The number of fused-ring (bicyclic) bond motifs is 1. The topological polar surface area (TPSA) is 98.8 Å². The summed E-state index contributed by atoms with van der Waals surface area (Å²) in [5.74, 6) is 0.888. The number of aromatic nitrogens is 1. The molecule has 8 nitrogen and oxygen atoms in total. The molecule has 1 atom stereocenters. The summed E-state index contributed by atoms with van der Waals surface area (Å²) < 4.78 is 16.2. The highest BCUT2D eigenvalue weighted by Gasteiger charge is 2.22. The summed E-state index contributed by atoms with van der Waals surface area (Å²) in [7, 11) is 0. The lowest BCUT2D eigenvalue weighted by molar-refractivity contribution is -0.123. The normalized spacial score (nSPS) is 16.0. The van der Waals surface area contributed by atoms with Crippen LogP contribution in [0, 0.1) is 0 Å². The summed E-state index contributed by atoms with van der Waals surface area (Å²) in [6.07, 6.45) is 2.76.